The predicted molar refractivity (Wildman–Crippen MR) is 48.2 cm³/mol. The Kier molecular flexibility index (Phi) is 1.85. The van der Waals surface area contributed by atoms with Gasteiger partial charge in [0.25, 0.3) is 0 Å². The molecule has 0 aliphatic rings. The molecule has 0 spiro atoms. The van der Waals surface area contributed by atoms with E-state index in [9.17, 15) is 0 Å². The molecule has 3 heteroatoms. The fraction of sp³-hybridized carbons (Fsp3) is 0.200. The number of furan rings is 1. The Bertz CT molecular complexity index is 379. The first-order chi connectivity index (χ1) is 6.36. The highest BCUT2D eigenvalue weighted by Crippen LogP contribution is 2.33. The molecule has 1 aromatic carbocycles. The van der Waals surface area contributed by atoms with Crippen molar-refractivity contribution in [1.82, 2.24) is 0 Å². The van der Waals surface area contributed by atoms with Crippen LogP contribution in [-0.4, -0.2) is 14.2 Å². The topological polar surface area (TPSA) is 31.6 Å². The van der Waals surface area contributed by atoms with Gasteiger partial charge in [0.15, 0.2) is 17.6 Å². The van der Waals surface area contributed by atoms with Gasteiger partial charge in [0.05, 0.1) is 19.6 Å². The van der Waals surface area contributed by atoms with Crippen LogP contribution in [0.1, 0.15) is 0 Å². The van der Waals surface area contributed by atoms with E-state index in [1.54, 1.807) is 26.4 Å². The van der Waals surface area contributed by atoms with Crippen LogP contribution in [0.3, 0.4) is 0 Å². The lowest BCUT2D eigenvalue weighted by molar-refractivity contribution is 0.403. The van der Waals surface area contributed by atoms with Crippen LogP contribution in [0.25, 0.3) is 11.0 Å². The maximum Gasteiger partial charge on any atom is 0.180 e. The van der Waals surface area contributed by atoms with Gasteiger partial charge in [-0.25, -0.2) is 0 Å². The molecule has 0 amide bonds. The first-order valence-electron chi connectivity index (χ1n) is 3.87. The second-order valence-electron chi connectivity index (χ2n) is 2.58. The highest BCUT2D eigenvalue weighted by molar-refractivity contribution is 5.88. The van der Waals surface area contributed by atoms with Crippen molar-refractivity contribution in [3.63, 3.8) is 0 Å². The molecule has 0 atom stereocenters. The molecule has 1 heterocycles. The van der Waals surface area contributed by atoms with E-state index in [0.29, 0.717) is 11.3 Å². The number of hydrogen-bond acceptors (Lipinski definition) is 3. The van der Waals surface area contributed by atoms with Gasteiger partial charge < -0.3 is 13.9 Å². The van der Waals surface area contributed by atoms with Crippen molar-refractivity contribution in [1.29, 1.82) is 0 Å². The van der Waals surface area contributed by atoms with Crippen LogP contribution in [0.2, 0.25) is 0 Å². The van der Waals surface area contributed by atoms with E-state index in [2.05, 4.69) is 6.26 Å². The van der Waals surface area contributed by atoms with E-state index in [0.717, 1.165) is 11.1 Å². The largest absolute Gasteiger partial charge is 0.496 e. The molecule has 0 N–H and O–H groups in total. The molecule has 2 rings (SSSR count). The third-order valence-electron chi connectivity index (χ3n) is 1.92. The SMILES string of the molecule is COc1ccc(OC)c2o[c]cc12. The molecule has 1 radical (unpaired) electrons. The van der Waals surface area contributed by atoms with Gasteiger partial charge in [0.2, 0.25) is 0 Å². The van der Waals surface area contributed by atoms with Crippen LogP contribution < -0.4 is 9.47 Å². The predicted octanol–water partition coefficient (Wildman–Crippen LogP) is 2.25. The molecule has 13 heavy (non-hydrogen) atoms. The Morgan fingerprint density at radius 3 is 2.54 bits per heavy atom. The lowest BCUT2D eigenvalue weighted by atomic mass is 10.2. The summed E-state index contributed by atoms with van der Waals surface area (Å²) in [5.74, 6) is 1.46. The van der Waals surface area contributed by atoms with Crippen LogP contribution in [0.5, 0.6) is 11.5 Å². The Morgan fingerprint density at radius 2 is 1.85 bits per heavy atom. The van der Waals surface area contributed by atoms with Crippen molar-refractivity contribution < 1.29 is 13.9 Å². The molecule has 0 saturated heterocycles. The average molecular weight is 177 g/mol. The second kappa shape index (κ2) is 3.01. The summed E-state index contributed by atoms with van der Waals surface area (Å²) in [6, 6.07) is 5.37. The smallest absolute Gasteiger partial charge is 0.180 e. The molecule has 1 aromatic heterocycles. The molecule has 0 aliphatic heterocycles. The summed E-state index contributed by atoms with van der Waals surface area (Å²) in [6.45, 7) is 0. The molecule has 67 valence electrons. The highest BCUT2D eigenvalue weighted by Gasteiger charge is 2.09. The summed E-state index contributed by atoms with van der Waals surface area (Å²) in [7, 11) is 3.22. The molecule has 0 saturated carbocycles. The van der Waals surface area contributed by atoms with Crippen molar-refractivity contribution in [3.05, 3.63) is 24.5 Å². The molecule has 2 aromatic rings. The van der Waals surface area contributed by atoms with Gasteiger partial charge in [-0.2, -0.15) is 0 Å². The lowest BCUT2D eigenvalue weighted by Gasteiger charge is -2.03. The van der Waals surface area contributed by atoms with Gasteiger partial charge in [-0.1, -0.05) is 0 Å². The fourth-order valence-electron chi connectivity index (χ4n) is 1.29. The standard InChI is InChI=1S/C10H9O3/c1-11-8-3-4-9(12-2)10-7(8)5-6-13-10/h3-5H,1-2H3. The fourth-order valence-corrected chi connectivity index (χ4v) is 1.29. The van der Waals surface area contributed by atoms with Crippen LogP contribution in [0.4, 0.5) is 0 Å². The van der Waals surface area contributed by atoms with Gasteiger partial charge >= 0.3 is 0 Å². The minimum Gasteiger partial charge on any atom is -0.496 e. The molecular weight excluding hydrogens is 168 g/mol. The van der Waals surface area contributed by atoms with E-state index in [4.69, 9.17) is 13.9 Å². The number of ether oxygens (including phenoxy) is 2. The van der Waals surface area contributed by atoms with Crippen molar-refractivity contribution in [2.24, 2.45) is 0 Å². The maximum atomic E-state index is 5.15. The van der Waals surface area contributed by atoms with Gasteiger partial charge in [0.1, 0.15) is 5.75 Å². The zero-order chi connectivity index (χ0) is 9.26. The van der Waals surface area contributed by atoms with Crippen LogP contribution >= 0.6 is 0 Å². The summed E-state index contributed by atoms with van der Waals surface area (Å²) in [5.41, 5.74) is 0.668. The number of hydrogen-bond donors (Lipinski definition) is 0. The number of rotatable bonds is 2. The summed E-state index contributed by atoms with van der Waals surface area (Å²) in [6.07, 6.45) is 2.65. The first-order valence-corrected chi connectivity index (χ1v) is 3.87. The normalized spacial score (nSPS) is 10.3. The highest BCUT2D eigenvalue weighted by atomic mass is 16.5. The monoisotopic (exact) mass is 177 g/mol. The summed E-state index contributed by atoms with van der Waals surface area (Å²) in [4.78, 5) is 0. The third-order valence-corrected chi connectivity index (χ3v) is 1.92. The second-order valence-corrected chi connectivity index (χ2v) is 2.58. The van der Waals surface area contributed by atoms with Crippen molar-refractivity contribution in [3.8, 4) is 11.5 Å². The minimum absolute atomic E-state index is 0.668. The molecule has 0 aliphatic carbocycles. The minimum atomic E-state index is 0.668. The molecular formula is C10H9O3. The summed E-state index contributed by atoms with van der Waals surface area (Å²) >= 11 is 0. The van der Waals surface area contributed by atoms with Gasteiger partial charge in [-0.05, 0) is 18.2 Å². The number of benzene rings is 1. The van der Waals surface area contributed by atoms with Crippen molar-refractivity contribution in [2.45, 2.75) is 0 Å². The molecule has 3 nitrogen and oxygen atoms in total. The Labute approximate surface area is 75.9 Å². The average Bonchev–Trinajstić information content (AvgIpc) is 2.64. The Morgan fingerprint density at radius 1 is 1.15 bits per heavy atom. The van der Waals surface area contributed by atoms with Crippen LogP contribution in [0, 0.1) is 6.26 Å². The molecule has 0 fully saturated rings. The lowest BCUT2D eigenvalue weighted by Crippen LogP contribution is -1.86. The van der Waals surface area contributed by atoms with E-state index < -0.39 is 0 Å². The van der Waals surface area contributed by atoms with Gasteiger partial charge in [0, 0.05) is 0 Å². The maximum absolute atomic E-state index is 5.15. The summed E-state index contributed by atoms with van der Waals surface area (Å²) in [5, 5.41) is 0.877. The quantitative estimate of drug-likeness (QED) is 0.705. The van der Waals surface area contributed by atoms with E-state index in [-0.39, 0.29) is 0 Å². The van der Waals surface area contributed by atoms with Gasteiger partial charge in [-0.15, -0.1) is 0 Å². The molecule has 0 unspecified atom stereocenters. The summed E-state index contributed by atoms with van der Waals surface area (Å²) < 4.78 is 15.4. The van der Waals surface area contributed by atoms with E-state index in [1.165, 1.54) is 0 Å². The van der Waals surface area contributed by atoms with E-state index in [1.807, 2.05) is 6.07 Å². The third kappa shape index (κ3) is 1.13. The Hall–Kier alpha value is -1.64. The number of fused-ring (bicyclic) bond motifs is 1. The van der Waals surface area contributed by atoms with Crippen LogP contribution in [-0.2, 0) is 0 Å². The van der Waals surface area contributed by atoms with E-state index >= 15 is 0 Å². The van der Waals surface area contributed by atoms with Crippen molar-refractivity contribution >= 4 is 11.0 Å². The van der Waals surface area contributed by atoms with Gasteiger partial charge in [-0.3, -0.25) is 0 Å². The van der Waals surface area contributed by atoms with Crippen molar-refractivity contribution in [2.75, 3.05) is 14.2 Å². The molecule has 0 bridgehead atoms. The number of methoxy groups -OCH3 is 2. The first kappa shape index (κ1) is 7.98. The van der Waals surface area contributed by atoms with Crippen LogP contribution in [0.15, 0.2) is 22.6 Å². The Balaban J connectivity index is 2.74. The zero-order valence-corrected chi connectivity index (χ0v) is 7.46. The zero-order valence-electron chi connectivity index (χ0n) is 7.46.